The van der Waals surface area contributed by atoms with Gasteiger partial charge < -0.3 is 4.74 Å². The van der Waals surface area contributed by atoms with E-state index in [1.54, 1.807) is 6.92 Å². The highest BCUT2D eigenvalue weighted by molar-refractivity contribution is 5.77. The van der Waals surface area contributed by atoms with Crippen molar-refractivity contribution < 1.29 is 9.53 Å². The number of benzene rings is 1. The Balaban J connectivity index is 2.87. The van der Waals surface area contributed by atoms with Gasteiger partial charge in [0, 0.05) is 0 Å². The average Bonchev–Trinajstić information content (AvgIpc) is 2.19. The van der Waals surface area contributed by atoms with Crippen LogP contribution in [0, 0.1) is 6.92 Å². The number of nitrogens with one attached hydrogen (secondary N) is 1. The summed E-state index contributed by atoms with van der Waals surface area (Å²) < 4.78 is 4.91. The van der Waals surface area contributed by atoms with Crippen LogP contribution in [0.4, 0.5) is 0 Å². The Kier molecular flexibility index (Phi) is 4.27. The van der Waals surface area contributed by atoms with E-state index < -0.39 is 6.04 Å². The number of carbonyl (C=O) groups is 1. The third-order valence-corrected chi connectivity index (χ3v) is 2.06. The van der Waals surface area contributed by atoms with Crippen molar-refractivity contribution in [3.05, 3.63) is 35.4 Å². The van der Waals surface area contributed by atoms with Crippen molar-refractivity contribution in [2.45, 2.75) is 19.9 Å². The minimum Gasteiger partial charge on any atom is -0.465 e. The maximum atomic E-state index is 11.5. The van der Waals surface area contributed by atoms with Gasteiger partial charge in [-0.2, -0.15) is 0 Å². The predicted octanol–water partition coefficient (Wildman–Crippen LogP) is 1.06. The summed E-state index contributed by atoms with van der Waals surface area (Å²) >= 11 is 0. The maximum Gasteiger partial charge on any atom is 0.329 e. The van der Waals surface area contributed by atoms with E-state index >= 15 is 0 Å². The molecule has 1 aromatic carbocycles. The highest BCUT2D eigenvalue weighted by Crippen LogP contribution is 2.15. The standard InChI is InChI=1S/C11H16N2O2/c1-3-15-11(14)10(13-12)9-6-4-5-8(2)7-9/h4-7,10,13H,3,12H2,1-2H3. The van der Waals surface area contributed by atoms with Crippen LogP contribution in [-0.4, -0.2) is 12.6 Å². The van der Waals surface area contributed by atoms with Crippen LogP contribution in [0.1, 0.15) is 24.1 Å². The molecule has 0 aromatic heterocycles. The quantitative estimate of drug-likeness (QED) is 0.441. The molecule has 82 valence electrons. The molecule has 4 nitrogen and oxygen atoms in total. The number of ether oxygens (including phenoxy) is 1. The van der Waals surface area contributed by atoms with Gasteiger partial charge in [-0.25, -0.2) is 10.2 Å². The minimum absolute atomic E-state index is 0.350. The van der Waals surface area contributed by atoms with Gasteiger partial charge in [0.25, 0.3) is 0 Å². The smallest absolute Gasteiger partial charge is 0.329 e. The summed E-state index contributed by atoms with van der Waals surface area (Å²) in [6, 6.07) is 7.00. The molecule has 0 aliphatic heterocycles. The highest BCUT2D eigenvalue weighted by Gasteiger charge is 2.19. The van der Waals surface area contributed by atoms with Crippen molar-refractivity contribution in [2.24, 2.45) is 5.84 Å². The van der Waals surface area contributed by atoms with Gasteiger partial charge in [-0.1, -0.05) is 29.8 Å². The number of carbonyl (C=O) groups excluding carboxylic acids is 1. The van der Waals surface area contributed by atoms with Gasteiger partial charge >= 0.3 is 5.97 Å². The lowest BCUT2D eigenvalue weighted by atomic mass is 10.1. The van der Waals surface area contributed by atoms with Crippen molar-refractivity contribution in [1.82, 2.24) is 5.43 Å². The van der Waals surface area contributed by atoms with Crippen LogP contribution in [0.3, 0.4) is 0 Å². The van der Waals surface area contributed by atoms with Crippen molar-refractivity contribution in [2.75, 3.05) is 6.61 Å². The Morgan fingerprint density at radius 3 is 2.87 bits per heavy atom. The Hall–Kier alpha value is -1.39. The topological polar surface area (TPSA) is 64.3 Å². The number of rotatable bonds is 4. The molecule has 1 aromatic rings. The van der Waals surface area contributed by atoms with Gasteiger partial charge in [-0.05, 0) is 19.4 Å². The van der Waals surface area contributed by atoms with Gasteiger partial charge in [-0.15, -0.1) is 0 Å². The van der Waals surface area contributed by atoms with Gasteiger partial charge in [0.05, 0.1) is 6.61 Å². The molecule has 1 atom stereocenters. The second-order valence-corrected chi connectivity index (χ2v) is 3.27. The van der Waals surface area contributed by atoms with Crippen molar-refractivity contribution >= 4 is 5.97 Å². The van der Waals surface area contributed by atoms with E-state index in [2.05, 4.69) is 5.43 Å². The third-order valence-electron chi connectivity index (χ3n) is 2.06. The SMILES string of the molecule is CCOC(=O)C(NN)c1cccc(C)c1. The summed E-state index contributed by atoms with van der Waals surface area (Å²) in [4.78, 5) is 11.5. The lowest BCUT2D eigenvalue weighted by Gasteiger charge is -2.14. The van der Waals surface area contributed by atoms with E-state index in [0.29, 0.717) is 6.61 Å². The molecule has 15 heavy (non-hydrogen) atoms. The summed E-state index contributed by atoms with van der Waals surface area (Å²) in [5.41, 5.74) is 4.35. The van der Waals surface area contributed by atoms with Crippen LogP contribution >= 0.6 is 0 Å². The number of hydrogen-bond donors (Lipinski definition) is 2. The fraction of sp³-hybridized carbons (Fsp3) is 0.364. The molecule has 0 bridgehead atoms. The number of hydrogen-bond acceptors (Lipinski definition) is 4. The number of aryl methyl sites for hydroxylation is 1. The van der Waals surface area contributed by atoms with Crippen molar-refractivity contribution in [3.63, 3.8) is 0 Å². The molecule has 1 rings (SSSR count). The highest BCUT2D eigenvalue weighted by atomic mass is 16.5. The molecular weight excluding hydrogens is 192 g/mol. The zero-order valence-electron chi connectivity index (χ0n) is 8.99. The summed E-state index contributed by atoms with van der Waals surface area (Å²) in [6.07, 6.45) is 0. The van der Waals surface area contributed by atoms with E-state index in [4.69, 9.17) is 10.6 Å². The van der Waals surface area contributed by atoms with Crippen LogP contribution in [0.25, 0.3) is 0 Å². The van der Waals surface area contributed by atoms with Crippen LogP contribution in [-0.2, 0) is 9.53 Å². The fourth-order valence-electron chi connectivity index (χ4n) is 1.38. The Bertz CT molecular complexity index is 339. The monoisotopic (exact) mass is 208 g/mol. The first kappa shape index (κ1) is 11.7. The van der Waals surface area contributed by atoms with Gasteiger partial charge in [0.2, 0.25) is 0 Å². The predicted molar refractivity (Wildman–Crippen MR) is 57.9 cm³/mol. The Morgan fingerprint density at radius 1 is 1.60 bits per heavy atom. The second kappa shape index (κ2) is 5.48. The van der Waals surface area contributed by atoms with E-state index in [1.807, 2.05) is 31.2 Å². The molecule has 0 saturated carbocycles. The number of nitrogens with two attached hydrogens (primary N) is 1. The molecule has 0 aliphatic carbocycles. The van der Waals surface area contributed by atoms with Crippen LogP contribution < -0.4 is 11.3 Å². The summed E-state index contributed by atoms with van der Waals surface area (Å²) in [6.45, 7) is 4.08. The van der Waals surface area contributed by atoms with Crippen LogP contribution in [0.5, 0.6) is 0 Å². The molecule has 0 saturated heterocycles. The molecule has 1 unspecified atom stereocenters. The molecule has 0 spiro atoms. The molecule has 3 N–H and O–H groups in total. The first-order chi connectivity index (χ1) is 7.19. The lowest BCUT2D eigenvalue weighted by molar-refractivity contribution is -0.145. The van der Waals surface area contributed by atoms with E-state index in [-0.39, 0.29) is 5.97 Å². The Labute approximate surface area is 89.4 Å². The maximum absolute atomic E-state index is 11.5. The second-order valence-electron chi connectivity index (χ2n) is 3.27. The summed E-state index contributed by atoms with van der Waals surface area (Å²) in [7, 11) is 0. The zero-order valence-corrected chi connectivity index (χ0v) is 8.99. The summed E-state index contributed by atoms with van der Waals surface area (Å²) in [5.74, 6) is 4.98. The number of esters is 1. The van der Waals surface area contributed by atoms with E-state index in [9.17, 15) is 4.79 Å². The Morgan fingerprint density at radius 2 is 2.33 bits per heavy atom. The number of hydrazine groups is 1. The van der Waals surface area contributed by atoms with E-state index in [0.717, 1.165) is 11.1 Å². The molecule has 0 heterocycles. The molecule has 4 heteroatoms. The molecule has 0 radical (unpaired) electrons. The normalized spacial score (nSPS) is 12.2. The first-order valence-corrected chi connectivity index (χ1v) is 4.88. The van der Waals surface area contributed by atoms with Crippen molar-refractivity contribution in [3.8, 4) is 0 Å². The molecule has 0 aliphatic rings. The van der Waals surface area contributed by atoms with Gasteiger partial charge in [0.15, 0.2) is 0 Å². The van der Waals surface area contributed by atoms with Crippen molar-refractivity contribution in [1.29, 1.82) is 0 Å². The minimum atomic E-state index is -0.593. The van der Waals surface area contributed by atoms with Crippen LogP contribution in [0.2, 0.25) is 0 Å². The van der Waals surface area contributed by atoms with Gasteiger partial charge in [0.1, 0.15) is 6.04 Å². The lowest BCUT2D eigenvalue weighted by Crippen LogP contribution is -2.35. The summed E-state index contributed by atoms with van der Waals surface area (Å²) in [5, 5.41) is 0. The average molecular weight is 208 g/mol. The van der Waals surface area contributed by atoms with Gasteiger partial charge in [-0.3, -0.25) is 5.84 Å². The molecule has 0 amide bonds. The molecular formula is C11H16N2O2. The van der Waals surface area contributed by atoms with E-state index in [1.165, 1.54) is 0 Å². The fourth-order valence-corrected chi connectivity index (χ4v) is 1.38. The first-order valence-electron chi connectivity index (χ1n) is 4.88. The largest absolute Gasteiger partial charge is 0.465 e. The third kappa shape index (κ3) is 3.04. The molecule has 0 fully saturated rings. The zero-order chi connectivity index (χ0) is 11.3. The van der Waals surface area contributed by atoms with Crippen LogP contribution in [0.15, 0.2) is 24.3 Å².